The Kier molecular flexibility index (Phi) is 5.48. The van der Waals surface area contributed by atoms with Crippen LogP contribution in [0.15, 0.2) is 47.5 Å². The lowest BCUT2D eigenvalue weighted by atomic mass is 9.90. The molecule has 2 heterocycles. The molecular formula is C19H25N3O3S. The van der Waals surface area contributed by atoms with Gasteiger partial charge in [-0.3, -0.25) is 4.79 Å². The van der Waals surface area contributed by atoms with E-state index in [0.717, 1.165) is 19.3 Å². The lowest BCUT2D eigenvalue weighted by Crippen LogP contribution is -2.39. The van der Waals surface area contributed by atoms with Crippen molar-refractivity contribution in [2.24, 2.45) is 13.0 Å². The van der Waals surface area contributed by atoms with Gasteiger partial charge in [-0.05, 0) is 43.9 Å². The van der Waals surface area contributed by atoms with E-state index in [9.17, 15) is 13.2 Å². The average Bonchev–Trinajstić information content (AvgIpc) is 3.05. The summed E-state index contributed by atoms with van der Waals surface area (Å²) in [7, 11) is -0.488. The van der Waals surface area contributed by atoms with Gasteiger partial charge in [0.05, 0.1) is 0 Å². The number of aromatic nitrogens is 1. The Morgan fingerprint density at radius 1 is 1.19 bits per heavy atom. The summed E-state index contributed by atoms with van der Waals surface area (Å²) < 4.78 is 27.7. The van der Waals surface area contributed by atoms with Crippen molar-refractivity contribution in [3.63, 3.8) is 0 Å². The van der Waals surface area contributed by atoms with Crippen LogP contribution in [0.3, 0.4) is 0 Å². The molecule has 2 aromatic rings. The van der Waals surface area contributed by atoms with Gasteiger partial charge in [0, 0.05) is 26.3 Å². The highest BCUT2D eigenvalue weighted by Gasteiger charge is 2.27. The summed E-state index contributed by atoms with van der Waals surface area (Å²) in [6, 6.07) is 11.9. The van der Waals surface area contributed by atoms with Crippen LogP contribution in [0.2, 0.25) is 0 Å². The van der Waals surface area contributed by atoms with Gasteiger partial charge in [0.1, 0.15) is 10.6 Å². The number of sulfonamides is 1. The summed E-state index contributed by atoms with van der Waals surface area (Å²) >= 11 is 0. The van der Waals surface area contributed by atoms with Gasteiger partial charge in [0.15, 0.2) is 0 Å². The number of hydrogen-bond acceptors (Lipinski definition) is 3. The maximum Gasteiger partial charge on any atom is 0.270 e. The number of piperidine rings is 1. The van der Waals surface area contributed by atoms with Crippen molar-refractivity contribution in [3.05, 3.63) is 53.9 Å². The molecule has 0 bridgehead atoms. The van der Waals surface area contributed by atoms with Crippen LogP contribution in [0.25, 0.3) is 0 Å². The van der Waals surface area contributed by atoms with E-state index in [1.165, 1.54) is 24.9 Å². The van der Waals surface area contributed by atoms with Gasteiger partial charge in [-0.2, -0.15) is 0 Å². The molecule has 1 aromatic carbocycles. The Labute approximate surface area is 154 Å². The second-order valence-corrected chi connectivity index (χ2v) is 8.69. The number of likely N-dealkylation sites (tertiary alicyclic amines) is 1. The fourth-order valence-electron chi connectivity index (χ4n) is 3.46. The zero-order valence-electron chi connectivity index (χ0n) is 15.2. The van der Waals surface area contributed by atoms with Crippen molar-refractivity contribution in [1.29, 1.82) is 0 Å². The third-order valence-corrected chi connectivity index (χ3v) is 6.43. The highest BCUT2D eigenvalue weighted by molar-refractivity contribution is 7.89. The predicted molar refractivity (Wildman–Crippen MR) is 100 cm³/mol. The Balaban J connectivity index is 1.64. The number of benzene rings is 1. The number of carbonyl (C=O) groups excluding carboxylic acids is 1. The number of carbonyl (C=O) groups is 1. The number of amides is 1. The first-order valence-corrected chi connectivity index (χ1v) is 10.3. The molecule has 1 amide bonds. The number of nitrogens with zero attached hydrogens (tertiary/aromatic N) is 2. The van der Waals surface area contributed by atoms with Gasteiger partial charge < -0.3 is 9.47 Å². The standard InChI is InChI=1S/C19H25N3O3S/c1-20-26(24,25)17-13-18(21(2)14-17)19(23)22-10-8-16(9-11-22)12-15-6-4-3-5-7-15/h3-7,13-14,16,20H,8-12H2,1-2H3. The Bertz CT molecular complexity index is 867. The predicted octanol–water partition coefficient (Wildman–Crippen LogP) is 2.03. The summed E-state index contributed by atoms with van der Waals surface area (Å²) in [5.41, 5.74) is 1.74. The minimum Gasteiger partial charge on any atom is -0.345 e. The molecule has 0 unspecified atom stereocenters. The second kappa shape index (κ2) is 7.63. The molecule has 26 heavy (non-hydrogen) atoms. The summed E-state index contributed by atoms with van der Waals surface area (Å²) in [5, 5.41) is 0. The second-order valence-electron chi connectivity index (χ2n) is 6.80. The molecule has 140 valence electrons. The summed E-state index contributed by atoms with van der Waals surface area (Å²) in [5.74, 6) is 0.471. The van der Waals surface area contributed by atoms with Crippen LogP contribution >= 0.6 is 0 Å². The maximum absolute atomic E-state index is 12.8. The van der Waals surface area contributed by atoms with Crippen LogP contribution in [-0.2, 0) is 23.5 Å². The molecule has 0 saturated carbocycles. The summed E-state index contributed by atoms with van der Waals surface area (Å²) in [4.78, 5) is 14.7. The van der Waals surface area contributed by atoms with Crippen molar-refractivity contribution in [2.45, 2.75) is 24.2 Å². The molecule has 6 nitrogen and oxygen atoms in total. The van der Waals surface area contributed by atoms with Gasteiger partial charge in [-0.1, -0.05) is 30.3 Å². The van der Waals surface area contributed by atoms with Crippen molar-refractivity contribution in [1.82, 2.24) is 14.2 Å². The third kappa shape index (κ3) is 3.99. The topological polar surface area (TPSA) is 71.4 Å². The molecule has 1 N–H and O–H groups in total. The molecule has 0 aliphatic carbocycles. The van der Waals surface area contributed by atoms with Crippen molar-refractivity contribution in [2.75, 3.05) is 20.1 Å². The van der Waals surface area contributed by atoms with E-state index in [2.05, 4.69) is 29.0 Å². The van der Waals surface area contributed by atoms with Crippen LogP contribution in [-0.4, -0.2) is 43.9 Å². The number of hydrogen-bond donors (Lipinski definition) is 1. The van der Waals surface area contributed by atoms with E-state index in [0.29, 0.717) is 24.7 Å². The number of nitrogens with one attached hydrogen (secondary N) is 1. The van der Waals surface area contributed by atoms with E-state index in [-0.39, 0.29) is 10.8 Å². The van der Waals surface area contributed by atoms with Gasteiger partial charge in [-0.25, -0.2) is 13.1 Å². The Morgan fingerprint density at radius 2 is 1.85 bits per heavy atom. The maximum atomic E-state index is 12.8. The zero-order chi connectivity index (χ0) is 18.7. The molecular weight excluding hydrogens is 350 g/mol. The molecule has 1 aliphatic heterocycles. The van der Waals surface area contributed by atoms with Gasteiger partial charge in [0.2, 0.25) is 10.0 Å². The number of rotatable bonds is 5. The van der Waals surface area contributed by atoms with E-state index >= 15 is 0 Å². The first-order chi connectivity index (χ1) is 12.4. The Hall–Kier alpha value is -2.12. The Morgan fingerprint density at radius 3 is 2.46 bits per heavy atom. The van der Waals surface area contributed by atoms with Gasteiger partial charge >= 0.3 is 0 Å². The minimum atomic E-state index is -3.55. The molecule has 1 fully saturated rings. The van der Waals surface area contributed by atoms with Crippen molar-refractivity contribution < 1.29 is 13.2 Å². The summed E-state index contributed by atoms with van der Waals surface area (Å²) in [6.45, 7) is 1.41. The molecule has 1 saturated heterocycles. The largest absolute Gasteiger partial charge is 0.345 e. The number of aryl methyl sites for hydroxylation is 1. The lowest BCUT2D eigenvalue weighted by Gasteiger charge is -2.32. The van der Waals surface area contributed by atoms with Crippen LogP contribution in [0, 0.1) is 5.92 Å². The van der Waals surface area contributed by atoms with Crippen LogP contribution in [0.1, 0.15) is 28.9 Å². The third-order valence-electron chi connectivity index (χ3n) is 5.05. The molecule has 0 radical (unpaired) electrons. The first-order valence-electron chi connectivity index (χ1n) is 8.84. The molecule has 1 aromatic heterocycles. The monoisotopic (exact) mass is 375 g/mol. The van der Waals surface area contributed by atoms with Crippen molar-refractivity contribution >= 4 is 15.9 Å². The molecule has 0 atom stereocenters. The van der Waals surface area contributed by atoms with E-state index in [1.807, 2.05) is 11.0 Å². The SMILES string of the molecule is CNS(=O)(=O)c1cc(C(=O)N2CCC(Cc3ccccc3)CC2)n(C)c1. The van der Waals surface area contributed by atoms with Crippen LogP contribution in [0.4, 0.5) is 0 Å². The van der Waals surface area contributed by atoms with Gasteiger partial charge in [-0.15, -0.1) is 0 Å². The highest BCUT2D eigenvalue weighted by atomic mass is 32.2. The molecule has 3 rings (SSSR count). The fraction of sp³-hybridized carbons (Fsp3) is 0.421. The van der Waals surface area contributed by atoms with E-state index in [1.54, 1.807) is 11.6 Å². The average molecular weight is 375 g/mol. The fourth-order valence-corrected chi connectivity index (χ4v) is 4.26. The minimum absolute atomic E-state index is 0.108. The summed E-state index contributed by atoms with van der Waals surface area (Å²) in [6.07, 6.45) is 4.44. The highest BCUT2D eigenvalue weighted by Crippen LogP contribution is 2.23. The lowest BCUT2D eigenvalue weighted by molar-refractivity contribution is 0.0681. The molecule has 0 spiro atoms. The van der Waals surface area contributed by atoms with E-state index in [4.69, 9.17) is 0 Å². The normalized spacial score (nSPS) is 16.0. The van der Waals surface area contributed by atoms with Gasteiger partial charge in [0.25, 0.3) is 5.91 Å². The molecule has 7 heteroatoms. The quantitative estimate of drug-likeness (QED) is 0.869. The smallest absolute Gasteiger partial charge is 0.270 e. The molecule has 1 aliphatic rings. The zero-order valence-corrected chi connectivity index (χ0v) is 16.0. The van der Waals surface area contributed by atoms with E-state index < -0.39 is 10.0 Å². The first kappa shape index (κ1) is 18.7. The van der Waals surface area contributed by atoms with Crippen molar-refractivity contribution in [3.8, 4) is 0 Å². The van der Waals surface area contributed by atoms with Crippen LogP contribution < -0.4 is 4.72 Å². The van der Waals surface area contributed by atoms with Crippen LogP contribution in [0.5, 0.6) is 0 Å².